The molecule has 0 aliphatic heterocycles. The van der Waals surface area contributed by atoms with Crippen molar-refractivity contribution in [3.05, 3.63) is 89.5 Å². The molecule has 0 atom stereocenters. The van der Waals surface area contributed by atoms with E-state index >= 15 is 0 Å². The Balaban J connectivity index is 1.74. The van der Waals surface area contributed by atoms with Gasteiger partial charge in [-0.25, -0.2) is 0 Å². The van der Waals surface area contributed by atoms with Crippen LogP contribution in [0.25, 0.3) is 0 Å². The summed E-state index contributed by atoms with van der Waals surface area (Å²) in [6, 6.07) is 24.1. The summed E-state index contributed by atoms with van der Waals surface area (Å²) in [6.45, 7) is 5.59. The summed E-state index contributed by atoms with van der Waals surface area (Å²) in [5.41, 5.74) is 3.28. The molecular weight excluding hydrogens is 324 g/mol. The van der Waals surface area contributed by atoms with Crippen LogP contribution in [0, 0.1) is 6.92 Å². The minimum Gasteiger partial charge on any atom is -0.490 e. The molecule has 3 aromatic carbocycles. The monoisotopic (exact) mass is 348 g/mol. The molecule has 0 N–H and O–H groups in total. The fourth-order valence-corrected chi connectivity index (χ4v) is 2.65. The molecule has 3 nitrogen and oxygen atoms in total. The van der Waals surface area contributed by atoms with Crippen LogP contribution in [-0.2, 0) is 13.2 Å². The first-order valence-corrected chi connectivity index (χ1v) is 8.87. The second-order valence-corrected chi connectivity index (χ2v) is 6.05. The van der Waals surface area contributed by atoms with Gasteiger partial charge in [-0.3, -0.25) is 0 Å². The first-order valence-electron chi connectivity index (χ1n) is 8.87. The van der Waals surface area contributed by atoms with Crippen molar-refractivity contribution in [1.82, 2.24) is 0 Å². The summed E-state index contributed by atoms with van der Waals surface area (Å²) in [6.07, 6.45) is 0. The highest BCUT2D eigenvalue weighted by molar-refractivity contribution is 5.50. The van der Waals surface area contributed by atoms with E-state index in [0.717, 1.165) is 28.2 Å². The van der Waals surface area contributed by atoms with E-state index < -0.39 is 0 Å². The van der Waals surface area contributed by atoms with Crippen LogP contribution in [0.5, 0.6) is 17.2 Å². The maximum Gasteiger partial charge on any atom is 0.164 e. The molecule has 0 fully saturated rings. The molecular formula is C23H24O3. The van der Waals surface area contributed by atoms with E-state index in [1.54, 1.807) is 0 Å². The Kier molecular flexibility index (Phi) is 6.15. The number of hydrogen-bond donors (Lipinski definition) is 0. The third-order valence-electron chi connectivity index (χ3n) is 4.02. The van der Waals surface area contributed by atoms with Gasteiger partial charge in [-0.1, -0.05) is 60.7 Å². The Labute approximate surface area is 155 Å². The molecule has 0 spiro atoms. The van der Waals surface area contributed by atoms with Gasteiger partial charge in [-0.15, -0.1) is 0 Å². The van der Waals surface area contributed by atoms with Gasteiger partial charge in [0.05, 0.1) is 6.61 Å². The van der Waals surface area contributed by atoms with Crippen molar-refractivity contribution < 1.29 is 14.2 Å². The number of rotatable bonds is 8. The lowest BCUT2D eigenvalue weighted by molar-refractivity contribution is 0.263. The minimum atomic E-state index is 0.505. The average molecular weight is 348 g/mol. The van der Waals surface area contributed by atoms with Crippen molar-refractivity contribution >= 4 is 0 Å². The quantitative estimate of drug-likeness (QED) is 0.534. The SMILES string of the molecule is CCOc1cc(OCc2ccccc2)c(C)cc1OCc1ccccc1. The average Bonchev–Trinajstić information content (AvgIpc) is 2.68. The number of hydrogen-bond acceptors (Lipinski definition) is 3. The first-order chi connectivity index (χ1) is 12.8. The number of ether oxygens (including phenoxy) is 3. The van der Waals surface area contributed by atoms with Gasteiger partial charge in [-0.2, -0.15) is 0 Å². The van der Waals surface area contributed by atoms with Crippen LogP contribution in [0.3, 0.4) is 0 Å². The molecule has 0 unspecified atom stereocenters. The van der Waals surface area contributed by atoms with Crippen LogP contribution in [0.4, 0.5) is 0 Å². The molecule has 0 heterocycles. The van der Waals surface area contributed by atoms with Crippen molar-refractivity contribution in [2.75, 3.05) is 6.61 Å². The van der Waals surface area contributed by atoms with Crippen LogP contribution in [0.1, 0.15) is 23.6 Å². The lowest BCUT2D eigenvalue weighted by Crippen LogP contribution is -2.02. The Morgan fingerprint density at radius 3 is 1.65 bits per heavy atom. The zero-order valence-corrected chi connectivity index (χ0v) is 15.3. The van der Waals surface area contributed by atoms with Crippen molar-refractivity contribution in [3.63, 3.8) is 0 Å². The van der Waals surface area contributed by atoms with Crippen molar-refractivity contribution in [2.45, 2.75) is 27.1 Å². The highest BCUT2D eigenvalue weighted by Gasteiger charge is 2.11. The van der Waals surface area contributed by atoms with E-state index in [0.29, 0.717) is 25.6 Å². The topological polar surface area (TPSA) is 27.7 Å². The molecule has 0 saturated heterocycles. The van der Waals surface area contributed by atoms with Crippen LogP contribution in [-0.4, -0.2) is 6.61 Å². The second-order valence-electron chi connectivity index (χ2n) is 6.05. The number of aryl methyl sites for hydroxylation is 1. The summed E-state index contributed by atoms with van der Waals surface area (Å²) >= 11 is 0. The smallest absolute Gasteiger partial charge is 0.164 e. The Hall–Kier alpha value is -2.94. The fraction of sp³-hybridized carbons (Fsp3) is 0.217. The zero-order chi connectivity index (χ0) is 18.2. The molecule has 3 rings (SSSR count). The van der Waals surface area contributed by atoms with Gasteiger partial charge in [0.1, 0.15) is 19.0 Å². The van der Waals surface area contributed by atoms with Gasteiger partial charge < -0.3 is 14.2 Å². The normalized spacial score (nSPS) is 10.4. The summed E-state index contributed by atoms with van der Waals surface area (Å²) < 4.78 is 17.8. The highest BCUT2D eigenvalue weighted by atomic mass is 16.5. The summed E-state index contributed by atoms with van der Waals surface area (Å²) in [5.74, 6) is 2.25. The van der Waals surface area contributed by atoms with E-state index in [4.69, 9.17) is 14.2 Å². The first kappa shape index (κ1) is 17.9. The molecule has 0 aliphatic carbocycles. The molecule has 0 saturated carbocycles. The van der Waals surface area contributed by atoms with Crippen LogP contribution in [0.15, 0.2) is 72.8 Å². The van der Waals surface area contributed by atoms with E-state index in [2.05, 4.69) is 12.1 Å². The maximum atomic E-state index is 5.99. The summed E-state index contributed by atoms with van der Waals surface area (Å²) in [4.78, 5) is 0. The van der Waals surface area contributed by atoms with E-state index in [-0.39, 0.29) is 0 Å². The Morgan fingerprint density at radius 1 is 0.615 bits per heavy atom. The van der Waals surface area contributed by atoms with Gasteiger partial charge in [0.2, 0.25) is 0 Å². The fourth-order valence-electron chi connectivity index (χ4n) is 2.65. The molecule has 0 aliphatic rings. The molecule has 26 heavy (non-hydrogen) atoms. The summed E-state index contributed by atoms with van der Waals surface area (Å²) in [5, 5.41) is 0. The molecule has 3 heteroatoms. The largest absolute Gasteiger partial charge is 0.490 e. The third kappa shape index (κ3) is 4.79. The van der Waals surface area contributed by atoms with Crippen LogP contribution in [0.2, 0.25) is 0 Å². The highest BCUT2D eigenvalue weighted by Crippen LogP contribution is 2.35. The molecule has 3 aromatic rings. The predicted octanol–water partition coefficient (Wildman–Crippen LogP) is 5.55. The summed E-state index contributed by atoms with van der Waals surface area (Å²) in [7, 11) is 0. The third-order valence-corrected chi connectivity index (χ3v) is 4.02. The Morgan fingerprint density at radius 2 is 1.12 bits per heavy atom. The maximum absolute atomic E-state index is 5.99. The second kappa shape index (κ2) is 8.95. The molecule has 134 valence electrons. The van der Waals surface area contributed by atoms with Crippen molar-refractivity contribution in [3.8, 4) is 17.2 Å². The van der Waals surface area contributed by atoms with Gasteiger partial charge in [0, 0.05) is 6.07 Å². The van der Waals surface area contributed by atoms with Gasteiger partial charge >= 0.3 is 0 Å². The predicted molar refractivity (Wildman–Crippen MR) is 104 cm³/mol. The molecule has 0 radical (unpaired) electrons. The van der Waals surface area contributed by atoms with Gasteiger partial charge in [0.25, 0.3) is 0 Å². The van der Waals surface area contributed by atoms with Gasteiger partial charge in [-0.05, 0) is 36.6 Å². The van der Waals surface area contributed by atoms with Crippen molar-refractivity contribution in [1.29, 1.82) is 0 Å². The standard InChI is InChI=1S/C23H24O3/c1-3-24-23-15-21(25-16-19-10-6-4-7-11-19)18(2)14-22(23)26-17-20-12-8-5-9-13-20/h4-15H,3,16-17H2,1-2H3. The number of benzene rings is 3. The van der Waals surface area contributed by atoms with E-state index in [1.807, 2.05) is 74.5 Å². The van der Waals surface area contributed by atoms with Gasteiger partial charge in [0.15, 0.2) is 11.5 Å². The molecule has 0 aromatic heterocycles. The lowest BCUT2D eigenvalue weighted by Gasteiger charge is -2.16. The molecule has 0 amide bonds. The minimum absolute atomic E-state index is 0.505. The van der Waals surface area contributed by atoms with E-state index in [1.165, 1.54) is 0 Å². The van der Waals surface area contributed by atoms with Crippen molar-refractivity contribution in [2.24, 2.45) is 0 Å². The van der Waals surface area contributed by atoms with Crippen LogP contribution < -0.4 is 14.2 Å². The Bertz CT molecular complexity index is 814. The zero-order valence-electron chi connectivity index (χ0n) is 15.3. The van der Waals surface area contributed by atoms with E-state index in [9.17, 15) is 0 Å². The molecule has 0 bridgehead atoms. The lowest BCUT2D eigenvalue weighted by atomic mass is 10.2. The van der Waals surface area contributed by atoms with Crippen LogP contribution >= 0.6 is 0 Å².